The molecule has 0 saturated carbocycles. The van der Waals surface area contributed by atoms with Gasteiger partial charge in [-0.15, -0.1) is 0 Å². The third kappa shape index (κ3) is 5.03. The van der Waals surface area contributed by atoms with Crippen LogP contribution in [0.5, 0.6) is 0 Å². The Hall–Kier alpha value is -3.42. The molecule has 25 heavy (non-hydrogen) atoms. The minimum absolute atomic E-state index is 0.328. The van der Waals surface area contributed by atoms with Crippen LogP contribution in [-0.2, 0) is 11.3 Å². The highest BCUT2D eigenvalue weighted by atomic mass is 16.2. The summed E-state index contributed by atoms with van der Waals surface area (Å²) in [4.78, 5) is 48.4. The van der Waals surface area contributed by atoms with Crippen molar-refractivity contribution in [2.75, 3.05) is 11.9 Å². The van der Waals surface area contributed by atoms with Gasteiger partial charge in [-0.25, -0.2) is 4.79 Å². The first-order chi connectivity index (χ1) is 12.0. The fraction of sp³-hybridized carbons (Fsp3) is 0.176. The van der Waals surface area contributed by atoms with Gasteiger partial charge in [-0.2, -0.15) is 0 Å². The molecule has 8 nitrogen and oxygen atoms in total. The normalized spacial score (nSPS) is 10.1. The Balaban J connectivity index is 1.92. The van der Waals surface area contributed by atoms with Gasteiger partial charge in [0.15, 0.2) is 0 Å². The number of carbonyl (C=O) groups excluding carboxylic acids is 2. The summed E-state index contributed by atoms with van der Waals surface area (Å²) < 4.78 is 1.35. The molecule has 0 fully saturated rings. The second-order valence-corrected chi connectivity index (χ2v) is 5.15. The highest BCUT2D eigenvalue weighted by Crippen LogP contribution is 2.14. The van der Waals surface area contributed by atoms with Gasteiger partial charge in [-0.1, -0.05) is 18.7 Å². The molecule has 0 unspecified atom stereocenters. The fourth-order valence-corrected chi connectivity index (χ4v) is 2.14. The van der Waals surface area contributed by atoms with E-state index in [1.165, 1.54) is 16.8 Å². The van der Waals surface area contributed by atoms with Gasteiger partial charge in [0.25, 0.3) is 11.5 Å². The molecule has 0 aliphatic carbocycles. The molecule has 0 aliphatic heterocycles. The van der Waals surface area contributed by atoms with Crippen molar-refractivity contribution in [3.05, 3.63) is 75.6 Å². The maximum Gasteiger partial charge on any atom is 0.328 e. The number of hydrogen-bond acceptors (Lipinski definition) is 4. The van der Waals surface area contributed by atoms with E-state index < -0.39 is 17.2 Å². The highest BCUT2D eigenvalue weighted by Gasteiger charge is 2.11. The number of anilines is 1. The van der Waals surface area contributed by atoms with Crippen LogP contribution in [0.4, 0.5) is 5.69 Å². The second-order valence-electron chi connectivity index (χ2n) is 5.15. The molecule has 0 aliphatic rings. The summed E-state index contributed by atoms with van der Waals surface area (Å²) in [6.45, 7) is 4.05. The average Bonchev–Trinajstić information content (AvgIpc) is 2.60. The van der Waals surface area contributed by atoms with Gasteiger partial charge in [0.2, 0.25) is 5.91 Å². The molecule has 3 N–H and O–H groups in total. The molecule has 2 rings (SSSR count). The number of aryl methyl sites for hydroxylation is 1. The molecule has 0 atom stereocenters. The van der Waals surface area contributed by atoms with E-state index in [1.807, 2.05) is 0 Å². The van der Waals surface area contributed by atoms with Crippen LogP contribution < -0.4 is 21.9 Å². The summed E-state index contributed by atoms with van der Waals surface area (Å²) in [5.74, 6) is -0.744. The highest BCUT2D eigenvalue weighted by molar-refractivity contribution is 6.06. The van der Waals surface area contributed by atoms with Crippen LogP contribution >= 0.6 is 0 Å². The molecule has 1 aromatic carbocycles. The first-order valence-electron chi connectivity index (χ1n) is 7.61. The number of rotatable bonds is 7. The van der Waals surface area contributed by atoms with Crippen LogP contribution in [0, 0.1) is 0 Å². The van der Waals surface area contributed by atoms with Crippen LogP contribution in [0.15, 0.2) is 58.8 Å². The van der Waals surface area contributed by atoms with Gasteiger partial charge in [0, 0.05) is 25.4 Å². The van der Waals surface area contributed by atoms with Gasteiger partial charge in [0.05, 0.1) is 11.3 Å². The number of para-hydroxylation sites is 1. The monoisotopic (exact) mass is 342 g/mol. The summed E-state index contributed by atoms with van der Waals surface area (Å²) in [7, 11) is 0. The van der Waals surface area contributed by atoms with E-state index in [4.69, 9.17) is 0 Å². The Bertz CT molecular complexity index is 898. The zero-order chi connectivity index (χ0) is 18.2. The minimum atomic E-state index is -0.490. The van der Waals surface area contributed by atoms with Crippen LogP contribution in [0.1, 0.15) is 16.8 Å². The molecule has 130 valence electrons. The third-order valence-corrected chi connectivity index (χ3v) is 3.37. The van der Waals surface area contributed by atoms with Gasteiger partial charge < -0.3 is 15.2 Å². The molecule has 0 saturated heterocycles. The molecule has 1 heterocycles. The van der Waals surface area contributed by atoms with E-state index in [2.05, 4.69) is 22.2 Å². The first kappa shape index (κ1) is 17.9. The number of aromatic amines is 1. The predicted molar refractivity (Wildman–Crippen MR) is 93.5 cm³/mol. The molecule has 8 heteroatoms. The lowest BCUT2D eigenvalue weighted by Gasteiger charge is -2.10. The topological polar surface area (TPSA) is 113 Å². The number of benzene rings is 1. The molecular formula is C17H18N4O4. The molecule has 2 amide bonds. The van der Waals surface area contributed by atoms with Crippen molar-refractivity contribution < 1.29 is 9.59 Å². The molecule has 1 aromatic heterocycles. The maximum atomic E-state index is 12.3. The van der Waals surface area contributed by atoms with E-state index in [-0.39, 0.29) is 5.91 Å². The van der Waals surface area contributed by atoms with Crippen molar-refractivity contribution in [1.29, 1.82) is 0 Å². The van der Waals surface area contributed by atoms with E-state index in [1.54, 1.807) is 24.3 Å². The zero-order valence-corrected chi connectivity index (χ0v) is 13.5. The molecule has 2 aromatic rings. The third-order valence-electron chi connectivity index (χ3n) is 3.37. The van der Waals surface area contributed by atoms with Gasteiger partial charge >= 0.3 is 5.69 Å². The lowest BCUT2D eigenvalue weighted by molar-refractivity contribution is -0.111. The summed E-state index contributed by atoms with van der Waals surface area (Å²) in [5, 5.41) is 5.30. The number of hydrogen-bond donors (Lipinski definition) is 3. The first-order valence-corrected chi connectivity index (χ1v) is 7.61. The summed E-state index contributed by atoms with van der Waals surface area (Å²) in [6.07, 6.45) is 3.03. The number of aromatic nitrogens is 2. The Kier molecular flexibility index (Phi) is 6.05. The average molecular weight is 342 g/mol. The lowest BCUT2D eigenvalue weighted by Crippen LogP contribution is -2.31. The summed E-state index contributed by atoms with van der Waals surface area (Å²) in [5.41, 5.74) is -0.218. The number of amides is 2. The van der Waals surface area contributed by atoms with E-state index in [0.29, 0.717) is 30.8 Å². The number of H-pyrrole nitrogens is 1. The minimum Gasteiger partial charge on any atom is -0.352 e. The van der Waals surface area contributed by atoms with Crippen molar-refractivity contribution in [3.63, 3.8) is 0 Å². The molecule has 0 bridgehead atoms. The molecule has 0 spiro atoms. The smallest absolute Gasteiger partial charge is 0.328 e. The maximum absolute atomic E-state index is 12.3. The lowest BCUT2D eigenvalue weighted by atomic mass is 10.1. The van der Waals surface area contributed by atoms with E-state index in [9.17, 15) is 19.2 Å². The van der Waals surface area contributed by atoms with Crippen molar-refractivity contribution in [1.82, 2.24) is 14.9 Å². The number of nitrogens with one attached hydrogen (secondary N) is 3. The van der Waals surface area contributed by atoms with E-state index >= 15 is 0 Å². The van der Waals surface area contributed by atoms with Crippen LogP contribution in [0.3, 0.4) is 0 Å². The number of nitrogens with zero attached hydrogens (tertiary/aromatic N) is 1. The Labute approximate surface area is 143 Å². The van der Waals surface area contributed by atoms with Crippen molar-refractivity contribution in [3.8, 4) is 0 Å². The van der Waals surface area contributed by atoms with E-state index in [0.717, 1.165) is 6.08 Å². The van der Waals surface area contributed by atoms with Crippen molar-refractivity contribution in [2.45, 2.75) is 13.0 Å². The van der Waals surface area contributed by atoms with Crippen molar-refractivity contribution >= 4 is 17.5 Å². The van der Waals surface area contributed by atoms with Crippen molar-refractivity contribution in [2.24, 2.45) is 0 Å². The standard InChI is InChI=1S/C17H18N4O4/c1-2-14(22)19-13-7-4-3-6-12(13)16(24)18-9-5-10-21-11-8-15(23)20-17(21)25/h2-4,6-8,11H,1,5,9-10H2,(H,18,24)(H,19,22)(H,20,23,25). The fourth-order valence-electron chi connectivity index (χ4n) is 2.14. The van der Waals surface area contributed by atoms with Gasteiger partial charge in [0.1, 0.15) is 0 Å². The zero-order valence-electron chi connectivity index (χ0n) is 13.5. The van der Waals surface area contributed by atoms with Crippen LogP contribution in [-0.4, -0.2) is 27.9 Å². The largest absolute Gasteiger partial charge is 0.352 e. The number of carbonyl (C=O) groups is 2. The van der Waals surface area contributed by atoms with Gasteiger partial charge in [-0.3, -0.25) is 19.4 Å². The Morgan fingerprint density at radius 2 is 1.96 bits per heavy atom. The quantitative estimate of drug-likeness (QED) is 0.502. The summed E-state index contributed by atoms with van der Waals surface area (Å²) >= 11 is 0. The summed E-state index contributed by atoms with van der Waals surface area (Å²) in [6, 6.07) is 7.88. The SMILES string of the molecule is C=CC(=O)Nc1ccccc1C(=O)NCCCn1ccc(=O)[nH]c1=O. The van der Waals surface area contributed by atoms with Crippen LogP contribution in [0.2, 0.25) is 0 Å². The second kappa shape index (κ2) is 8.44. The van der Waals surface area contributed by atoms with Gasteiger partial charge in [-0.05, 0) is 24.6 Å². The predicted octanol–water partition coefficient (Wildman–Crippen LogP) is 0.481. The Morgan fingerprint density at radius 3 is 2.68 bits per heavy atom. The molecule has 0 radical (unpaired) electrons. The van der Waals surface area contributed by atoms with Crippen LogP contribution in [0.25, 0.3) is 0 Å². The Morgan fingerprint density at radius 1 is 1.20 bits per heavy atom. The molecular weight excluding hydrogens is 324 g/mol.